The fourth-order valence-corrected chi connectivity index (χ4v) is 8.59. The zero-order valence-electron chi connectivity index (χ0n) is 40.3. The molecule has 8 rings (SSSR count). The molecule has 2 unspecified atom stereocenters. The fourth-order valence-electron chi connectivity index (χ4n) is 8.59. The van der Waals surface area contributed by atoms with Crippen molar-refractivity contribution >= 4 is 47.6 Å². The van der Waals surface area contributed by atoms with Crippen molar-refractivity contribution in [3.05, 3.63) is 119 Å². The smallest absolute Gasteiger partial charge is 0.446 e. The fraction of sp³-hybridized carbons (Fsp3) is 0.429. The molecule has 2 atom stereocenters. The predicted octanol–water partition coefficient (Wildman–Crippen LogP) is 8.54. The number of ether oxygens (including phenoxy) is 5. The van der Waals surface area contributed by atoms with Crippen molar-refractivity contribution in [2.45, 2.75) is 107 Å². The third-order valence-corrected chi connectivity index (χ3v) is 11.8. The molecule has 0 aliphatic carbocycles. The van der Waals surface area contributed by atoms with Crippen LogP contribution >= 0.6 is 0 Å². The van der Waals surface area contributed by atoms with Crippen molar-refractivity contribution in [2.75, 3.05) is 37.1 Å². The first-order chi connectivity index (χ1) is 34.2. The minimum Gasteiger partial charge on any atom is -0.459 e. The van der Waals surface area contributed by atoms with Crippen LogP contribution in [0.5, 0.6) is 0 Å². The maximum absolute atomic E-state index is 15.3. The molecule has 6 heterocycles. The van der Waals surface area contributed by atoms with Crippen LogP contribution in [-0.2, 0) is 39.6 Å². The summed E-state index contributed by atoms with van der Waals surface area (Å²) < 4.78 is 116. The van der Waals surface area contributed by atoms with Gasteiger partial charge >= 0.3 is 12.3 Å². The molecule has 0 saturated carbocycles. The first-order valence-corrected chi connectivity index (χ1v) is 22.7. The number of carbonyl (C=O) groups is 4. The molecule has 24 heteroatoms. The number of halogens is 7. The van der Waals surface area contributed by atoms with E-state index in [1.54, 1.807) is 34.6 Å². The summed E-state index contributed by atoms with van der Waals surface area (Å²) in [5.74, 6) is -3.22. The third kappa shape index (κ3) is 14.9. The molecule has 2 spiro atoms. The van der Waals surface area contributed by atoms with Crippen LogP contribution in [0, 0.1) is 23.3 Å². The quantitative estimate of drug-likeness (QED) is 0.105. The summed E-state index contributed by atoms with van der Waals surface area (Å²) in [7, 11) is 0. The van der Waals surface area contributed by atoms with Crippen LogP contribution < -0.4 is 21.7 Å². The maximum atomic E-state index is 15.3. The number of nitrogens with zero attached hydrogens (tertiary/aromatic N) is 4. The number of amides is 3. The number of nitrogens with one attached hydrogen (secondary N) is 3. The monoisotopic (exact) mass is 1030 g/mol. The zero-order valence-corrected chi connectivity index (χ0v) is 40.3. The summed E-state index contributed by atoms with van der Waals surface area (Å²) in [6.07, 6.45) is -1.50. The molecule has 0 bridgehead atoms. The maximum Gasteiger partial charge on any atom is 0.446 e. The highest BCUT2D eigenvalue weighted by molar-refractivity contribution is 6.03. The van der Waals surface area contributed by atoms with Gasteiger partial charge in [-0.25, -0.2) is 47.6 Å². The van der Waals surface area contributed by atoms with Crippen molar-refractivity contribution in [2.24, 2.45) is 15.7 Å². The van der Waals surface area contributed by atoms with E-state index < -0.39 is 81.5 Å². The first-order valence-electron chi connectivity index (χ1n) is 22.7. The van der Waals surface area contributed by atoms with Crippen molar-refractivity contribution in [3.8, 4) is 0 Å². The van der Waals surface area contributed by atoms with Gasteiger partial charge < -0.3 is 40.1 Å². The summed E-state index contributed by atoms with van der Waals surface area (Å²) in [6.45, 7) is 10.7. The van der Waals surface area contributed by atoms with E-state index in [-0.39, 0.29) is 29.0 Å². The Kier molecular flexibility index (Phi) is 16.8. The first kappa shape index (κ1) is 55.1. The molecule has 4 aromatic rings. The topological polar surface area (TPSA) is 227 Å². The minimum absolute atomic E-state index is 0.00702. The Bertz CT molecular complexity index is 2710. The van der Waals surface area contributed by atoms with Crippen LogP contribution in [0.25, 0.3) is 0 Å². The van der Waals surface area contributed by atoms with Gasteiger partial charge in [-0.15, -0.1) is 0 Å². The Morgan fingerprint density at radius 3 is 1.48 bits per heavy atom. The van der Waals surface area contributed by atoms with E-state index in [1.165, 1.54) is 48.5 Å². The Hall–Kier alpha value is -7.21. The predicted molar refractivity (Wildman–Crippen MR) is 249 cm³/mol. The van der Waals surface area contributed by atoms with Crippen LogP contribution in [0.1, 0.15) is 105 Å². The Balaban J connectivity index is 0.000000218. The number of hydrogen-bond acceptors (Lipinski definition) is 14. The number of amidine groups is 2. The van der Waals surface area contributed by atoms with Crippen molar-refractivity contribution in [3.63, 3.8) is 0 Å². The van der Waals surface area contributed by atoms with E-state index in [1.807, 2.05) is 0 Å². The molecular formula is C49H53F7N8O9. The van der Waals surface area contributed by atoms with Gasteiger partial charge in [0.15, 0.2) is 0 Å². The van der Waals surface area contributed by atoms with Crippen LogP contribution in [0.3, 0.4) is 0 Å². The van der Waals surface area contributed by atoms with Crippen LogP contribution in [-0.4, -0.2) is 95.6 Å². The van der Waals surface area contributed by atoms with E-state index >= 15 is 4.39 Å². The molecule has 17 nitrogen and oxygen atoms in total. The SMILES string of the molecule is CC(C)(C)OC(=O)NC1=NC(C)(c2cc(NC(=O)c3ccc(F)cn3)ccc2F)CC2(CCOCC2)O1.CC1(c2cc(NC(=O)c3ccc(F)cn3)ccc2F)CC2(CCOCC2)OC(N)=N1.O=CC(F)(F)F. The summed E-state index contributed by atoms with van der Waals surface area (Å²) in [5.41, 5.74) is 3.01. The molecule has 3 amide bonds. The number of aliphatic imine (C=N–C) groups is 2. The molecule has 4 aliphatic heterocycles. The van der Waals surface area contributed by atoms with Gasteiger partial charge in [-0.05, 0) is 95.3 Å². The number of alkyl carbamates (subject to hydrolysis) is 1. The molecule has 392 valence electrons. The highest BCUT2D eigenvalue weighted by Crippen LogP contribution is 2.46. The number of nitrogens with two attached hydrogens (primary N) is 1. The van der Waals surface area contributed by atoms with E-state index in [0.29, 0.717) is 81.9 Å². The molecule has 5 N–H and O–H groups in total. The largest absolute Gasteiger partial charge is 0.459 e. The van der Waals surface area contributed by atoms with Crippen molar-refractivity contribution in [1.82, 2.24) is 15.3 Å². The molecule has 4 aliphatic rings. The van der Waals surface area contributed by atoms with Crippen LogP contribution in [0.4, 0.5) is 46.9 Å². The summed E-state index contributed by atoms with van der Waals surface area (Å²) >= 11 is 0. The van der Waals surface area contributed by atoms with E-state index in [4.69, 9.17) is 34.2 Å². The van der Waals surface area contributed by atoms with Gasteiger partial charge in [0.1, 0.15) is 51.5 Å². The van der Waals surface area contributed by atoms with Crippen molar-refractivity contribution < 1.29 is 73.6 Å². The second kappa shape index (κ2) is 22.3. The van der Waals surface area contributed by atoms with Gasteiger partial charge in [-0.2, -0.15) is 13.2 Å². The number of benzene rings is 2. The normalized spacial score (nSPS) is 20.9. The number of anilines is 2. The van der Waals surface area contributed by atoms with E-state index in [9.17, 15) is 40.7 Å². The zero-order chi connectivity index (χ0) is 53.4. The molecule has 2 aromatic carbocycles. The van der Waals surface area contributed by atoms with Crippen molar-refractivity contribution in [1.29, 1.82) is 0 Å². The summed E-state index contributed by atoms with van der Waals surface area (Å²) in [4.78, 5) is 62.7. The molecular weight excluding hydrogens is 978 g/mol. The van der Waals surface area contributed by atoms with Crippen LogP contribution in [0.2, 0.25) is 0 Å². The Morgan fingerprint density at radius 2 is 1.08 bits per heavy atom. The lowest BCUT2D eigenvalue weighted by atomic mass is 9.76. The Morgan fingerprint density at radius 1 is 0.658 bits per heavy atom. The minimum atomic E-state index is -4.64. The third-order valence-electron chi connectivity index (χ3n) is 11.8. The number of aldehydes is 1. The van der Waals surface area contributed by atoms with Crippen LogP contribution in [0.15, 0.2) is 83.0 Å². The summed E-state index contributed by atoms with van der Waals surface area (Å²) in [6, 6.07) is 13.1. The number of hydrogen-bond donors (Lipinski definition) is 4. The summed E-state index contributed by atoms with van der Waals surface area (Å²) in [5, 5.41) is 7.88. The van der Waals surface area contributed by atoms with Gasteiger partial charge in [0, 0.05) is 61.0 Å². The van der Waals surface area contributed by atoms with E-state index in [2.05, 4.69) is 35.9 Å². The molecule has 2 aromatic heterocycles. The van der Waals surface area contributed by atoms with E-state index in [0.717, 1.165) is 24.5 Å². The Labute approximate surface area is 414 Å². The molecule has 2 saturated heterocycles. The van der Waals surface area contributed by atoms with Gasteiger partial charge in [-0.3, -0.25) is 14.4 Å². The highest BCUT2D eigenvalue weighted by Gasteiger charge is 2.50. The number of carbonyl (C=O) groups excluding carboxylic acids is 4. The van der Waals surface area contributed by atoms with Gasteiger partial charge in [-0.1, -0.05) is 0 Å². The molecule has 0 radical (unpaired) electrons. The molecule has 73 heavy (non-hydrogen) atoms. The number of pyridine rings is 2. The molecule has 2 fully saturated rings. The lowest BCUT2D eigenvalue weighted by molar-refractivity contribution is -0.156. The second-order valence-corrected chi connectivity index (χ2v) is 18.9. The average Bonchev–Trinajstić information content (AvgIpc) is 3.30. The average molecular weight is 1030 g/mol. The van der Waals surface area contributed by atoms with Gasteiger partial charge in [0.25, 0.3) is 23.9 Å². The number of alkyl halides is 3. The van der Waals surface area contributed by atoms with Gasteiger partial charge in [0.2, 0.25) is 6.29 Å². The second-order valence-electron chi connectivity index (χ2n) is 18.9. The lowest BCUT2D eigenvalue weighted by Crippen LogP contribution is -2.53. The highest BCUT2D eigenvalue weighted by atomic mass is 19.4. The van der Waals surface area contributed by atoms with Gasteiger partial charge in [0.05, 0.1) is 49.9 Å². The number of rotatable bonds is 6. The lowest BCUT2D eigenvalue weighted by Gasteiger charge is -2.46. The standard InChI is InChI=1S/C26H30F2N4O5.C21H22F2N4O3.C2HF3O/c1-24(2,3)37-23(34)31-22-32-25(4,15-26(36-22)9-11-35-12-10-26)18-13-17(6-7-19(18)28)30-21(33)20-8-5-16(27)14-29-20;1-20(12-21(30-19(24)27-20)6-8-29-9-7-21)15-10-14(3-4-16(15)23)26-18(28)17-5-2-13(22)11-25-17;3-2(4,5)1-6/h5-8,13-14H,9-12,15H2,1-4H3,(H,30,33)(H,31,32,34);2-5,10-11H,6-9,12H2,1H3,(H2,24,27)(H,26,28);1H. The number of aromatic nitrogens is 2.